The minimum atomic E-state index is -4.07. The third kappa shape index (κ3) is 4.23. The summed E-state index contributed by atoms with van der Waals surface area (Å²) >= 11 is 0. The summed E-state index contributed by atoms with van der Waals surface area (Å²) < 4.78 is 56.6. The zero-order valence-corrected chi connectivity index (χ0v) is 11.7. The number of halogens is 2. The topological polar surface area (TPSA) is 70.4 Å². The predicted octanol–water partition coefficient (Wildman–Crippen LogP) is 1.52. The maximum atomic E-state index is 13.1. The van der Waals surface area contributed by atoms with Crippen molar-refractivity contribution in [3.8, 4) is 6.07 Å². The van der Waals surface area contributed by atoms with Crippen LogP contribution in [0.4, 0.5) is 8.78 Å². The molecule has 0 aliphatic heterocycles. The van der Waals surface area contributed by atoms with Crippen LogP contribution in [0.15, 0.2) is 23.1 Å². The zero-order chi connectivity index (χ0) is 15.2. The molecular weight excluding hydrogens is 290 g/mol. The lowest BCUT2D eigenvalue weighted by Crippen LogP contribution is -2.34. The molecule has 0 saturated carbocycles. The van der Waals surface area contributed by atoms with Crippen LogP contribution in [0.1, 0.15) is 6.42 Å². The highest BCUT2D eigenvalue weighted by atomic mass is 32.2. The molecule has 0 amide bonds. The second-order valence-corrected chi connectivity index (χ2v) is 5.85. The molecule has 0 radical (unpaired) electrons. The minimum absolute atomic E-state index is 0.00134. The lowest BCUT2D eigenvalue weighted by Gasteiger charge is -2.20. The largest absolute Gasteiger partial charge is 0.383 e. The average molecular weight is 304 g/mol. The van der Waals surface area contributed by atoms with E-state index in [1.165, 1.54) is 7.11 Å². The van der Waals surface area contributed by atoms with Gasteiger partial charge in [0.2, 0.25) is 10.0 Å². The maximum Gasteiger partial charge on any atom is 0.243 e. The molecule has 0 atom stereocenters. The van der Waals surface area contributed by atoms with Crippen molar-refractivity contribution in [3.63, 3.8) is 0 Å². The average Bonchev–Trinajstić information content (AvgIpc) is 2.37. The highest BCUT2D eigenvalue weighted by molar-refractivity contribution is 7.89. The Labute approximate surface area is 116 Å². The molecule has 5 nitrogen and oxygen atoms in total. The lowest BCUT2D eigenvalue weighted by molar-refractivity contribution is 0.179. The molecule has 110 valence electrons. The van der Waals surface area contributed by atoms with Gasteiger partial charge in [-0.1, -0.05) is 0 Å². The van der Waals surface area contributed by atoms with Gasteiger partial charge in [0, 0.05) is 32.7 Å². The molecule has 0 fully saturated rings. The fourth-order valence-electron chi connectivity index (χ4n) is 1.55. The second kappa shape index (κ2) is 7.28. The molecule has 0 aromatic heterocycles. The van der Waals surface area contributed by atoms with E-state index in [0.717, 1.165) is 16.4 Å². The quantitative estimate of drug-likeness (QED) is 0.765. The normalized spacial score (nSPS) is 11.6. The van der Waals surface area contributed by atoms with Gasteiger partial charge < -0.3 is 4.74 Å². The van der Waals surface area contributed by atoms with E-state index in [-0.39, 0.29) is 26.1 Å². The Morgan fingerprint density at radius 2 is 1.85 bits per heavy atom. The van der Waals surface area contributed by atoms with Crippen molar-refractivity contribution in [2.45, 2.75) is 11.3 Å². The SMILES string of the molecule is COCCN(CCC#N)S(=O)(=O)c1cc(F)cc(F)c1. The molecule has 0 aliphatic rings. The Morgan fingerprint density at radius 1 is 1.25 bits per heavy atom. The summed E-state index contributed by atoms with van der Waals surface area (Å²) in [6.45, 7) is 0.0431. The van der Waals surface area contributed by atoms with Crippen molar-refractivity contribution in [3.05, 3.63) is 29.8 Å². The Balaban J connectivity index is 3.11. The number of hydrogen-bond acceptors (Lipinski definition) is 4. The van der Waals surface area contributed by atoms with Crippen molar-refractivity contribution in [2.75, 3.05) is 26.8 Å². The van der Waals surface area contributed by atoms with Gasteiger partial charge in [-0.25, -0.2) is 17.2 Å². The van der Waals surface area contributed by atoms with Crippen LogP contribution in [0.5, 0.6) is 0 Å². The van der Waals surface area contributed by atoms with Crippen LogP contribution in [0.3, 0.4) is 0 Å². The number of benzene rings is 1. The van der Waals surface area contributed by atoms with E-state index in [4.69, 9.17) is 10.00 Å². The van der Waals surface area contributed by atoms with Crippen LogP contribution >= 0.6 is 0 Å². The first-order valence-corrected chi connectivity index (χ1v) is 7.18. The van der Waals surface area contributed by atoms with Gasteiger partial charge in [0.1, 0.15) is 11.6 Å². The molecule has 0 bridgehead atoms. The van der Waals surface area contributed by atoms with Crippen molar-refractivity contribution in [1.29, 1.82) is 5.26 Å². The van der Waals surface area contributed by atoms with E-state index in [9.17, 15) is 17.2 Å². The van der Waals surface area contributed by atoms with E-state index >= 15 is 0 Å². The zero-order valence-electron chi connectivity index (χ0n) is 10.8. The molecule has 0 aliphatic carbocycles. The van der Waals surface area contributed by atoms with Crippen molar-refractivity contribution >= 4 is 10.0 Å². The summed E-state index contributed by atoms with van der Waals surface area (Å²) in [6, 6.07) is 3.90. The van der Waals surface area contributed by atoms with Gasteiger partial charge in [-0.15, -0.1) is 0 Å². The number of nitrogens with zero attached hydrogens (tertiary/aromatic N) is 2. The Hall–Kier alpha value is -1.56. The Kier molecular flexibility index (Phi) is 6.01. The highest BCUT2D eigenvalue weighted by Gasteiger charge is 2.25. The third-order valence-electron chi connectivity index (χ3n) is 2.49. The second-order valence-electron chi connectivity index (χ2n) is 3.91. The monoisotopic (exact) mass is 304 g/mol. The standard InChI is InChI=1S/C12H14F2N2O3S/c1-19-6-5-16(4-2-3-15)20(17,18)12-8-10(13)7-11(14)9-12/h7-9H,2,4-6H2,1H3. The van der Waals surface area contributed by atoms with E-state index in [1.807, 2.05) is 6.07 Å². The summed E-state index contributed by atoms with van der Waals surface area (Å²) in [5.74, 6) is -1.95. The molecule has 8 heteroatoms. The Bertz CT molecular complexity index is 579. The smallest absolute Gasteiger partial charge is 0.243 e. The first kappa shape index (κ1) is 16.5. The first-order valence-electron chi connectivity index (χ1n) is 5.74. The van der Waals surface area contributed by atoms with Crippen molar-refractivity contribution in [2.24, 2.45) is 0 Å². The van der Waals surface area contributed by atoms with Crippen LogP contribution in [0.2, 0.25) is 0 Å². The number of nitriles is 1. The van der Waals surface area contributed by atoms with Crippen LogP contribution < -0.4 is 0 Å². The van der Waals surface area contributed by atoms with Crippen LogP contribution in [-0.4, -0.2) is 39.5 Å². The van der Waals surface area contributed by atoms with Crippen molar-refractivity contribution in [1.82, 2.24) is 4.31 Å². The van der Waals surface area contributed by atoms with E-state index in [2.05, 4.69) is 0 Å². The third-order valence-corrected chi connectivity index (χ3v) is 4.37. The van der Waals surface area contributed by atoms with Gasteiger partial charge in [0.25, 0.3) is 0 Å². The molecule has 0 spiro atoms. The first-order chi connectivity index (χ1) is 9.41. The van der Waals surface area contributed by atoms with Gasteiger partial charge in [-0.2, -0.15) is 9.57 Å². The number of sulfonamides is 1. The summed E-state index contributed by atoms with van der Waals surface area (Å²) in [7, 11) is -2.67. The fourth-order valence-corrected chi connectivity index (χ4v) is 3.01. The molecule has 0 unspecified atom stereocenters. The summed E-state index contributed by atoms with van der Waals surface area (Å²) in [4.78, 5) is -0.482. The minimum Gasteiger partial charge on any atom is -0.383 e. The maximum absolute atomic E-state index is 13.1. The number of hydrogen-bond donors (Lipinski definition) is 0. The fraction of sp³-hybridized carbons (Fsp3) is 0.417. The molecule has 0 N–H and O–H groups in total. The van der Waals surface area contributed by atoms with Gasteiger partial charge in [-0.05, 0) is 12.1 Å². The summed E-state index contributed by atoms with van der Waals surface area (Å²) in [5.41, 5.74) is 0. The van der Waals surface area contributed by atoms with Crippen molar-refractivity contribution < 1.29 is 21.9 Å². The molecule has 1 aromatic rings. The summed E-state index contributed by atoms with van der Waals surface area (Å²) in [5, 5.41) is 8.54. The molecule has 0 saturated heterocycles. The number of rotatable bonds is 7. The van der Waals surface area contributed by atoms with Gasteiger partial charge in [0.15, 0.2) is 0 Å². The van der Waals surface area contributed by atoms with E-state index in [1.54, 1.807) is 0 Å². The van der Waals surface area contributed by atoms with Gasteiger partial charge in [0.05, 0.1) is 17.6 Å². The van der Waals surface area contributed by atoms with Gasteiger partial charge in [-0.3, -0.25) is 0 Å². The number of ether oxygens (including phenoxy) is 1. The van der Waals surface area contributed by atoms with E-state index < -0.39 is 26.6 Å². The van der Waals surface area contributed by atoms with Crippen LogP contribution in [0.25, 0.3) is 0 Å². The molecule has 0 heterocycles. The molecular formula is C12H14F2N2O3S. The van der Waals surface area contributed by atoms with Crippen LogP contribution in [-0.2, 0) is 14.8 Å². The lowest BCUT2D eigenvalue weighted by atomic mass is 10.3. The predicted molar refractivity (Wildman–Crippen MR) is 67.2 cm³/mol. The molecule has 20 heavy (non-hydrogen) atoms. The highest BCUT2D eigenvalue weighted by Crippen LogP contribution is 2.18. The summed E-state index contributed by atoms with van der Waals surface area (Å²) in [6.07, 6.45) is -0.0270. The van der Waals surface area contributed by atoms with E-state index in [0.29, 0.717) is 6.07 Å². The van der Waals surface area contributed by atoms with Gasteiger partial charge >= 0.3 is 0 Å². The number of methoxy groups -OCH3 is 1. The van der Waals surface area contributed by atoms with Crippen LogP contribution in [0, 0.1) is 23.0 Å². The molecule has 1 rings (SSSR count). The Morgan fingerprint density at radius 3 is 2.35 bits per heavy atom. The molecule has 1 aromatic carbocycles.